The molecule has 0 saturated carbocycles. The van der Waals surface area contributed by atoms with Gasteiger partial charge < -0.3 is 19.5 Å². The molecular weight excluding hydrogens is 222 g/mol. The lowest BCUT2D eigenvalue weighted by Crippen LogP contribution is -2.35. The summed E-state index contributed by atoms with van der Waals surface area (Å²) in [5.41, 5.74) is 2.11. The summed E-state index contributed by atoms with van der Waals surface area (Å²) in [4.78, 5) is 12.3. The molecule has 0 saturated heterocycles. The molecule has 0 spiro atoms. The van der Waals surface area contributed by atoms with Gasteiger partial charge in [-0.2, -0.15) is 0 Å². The second kappa shape index (κ2) is 3.84. The molecule has 5 nitrogen and oxygen atoms in total. The maximum absolute atomic E-state index is 10.9. The van der Waals surface area contributed by atoms with E-state index in [1.165, 1.54) is 4.90 Å². The summed E-state index contributed by atoms with van der Waals surface area (Å²) < 4.78 is 11.1. The molecule has 0 aliphatic carbocycles. The van der Waals surface area contributed by atoms with E-state index in [0.29, 0.717) is 32.7 Å². The number of nitrogens with zero attached hydrogens (tertiary/aromatic N) is 1. The van der Waals surface area contributed by atoms with Gasteiger partial charge in [-0.05, 0) is 18.1 Å². The maximum atomic E-state index is 10.9. The molecule has 0 unspecified atom stereocenters. The third-order valence-corrected chi connectivity index (χ3v) is 3.17. The van der Waals surface area contributed by atoms with E-state index in [4.69, 9.17) is 14.6 Å². The Hall–Kier alpha value is -1.91. The monoisotopic (exact) mass is 235 g/mol. The summed E-state index contributed by atoms with van der Waals surface area (Å²) in [6.45, 7) is 2.09. The van der Waals surface area contributed by atoms with Crippen molar-refractivity contribution in [1.82, 2.24) is 4.90 Å². The van der Waals surface area contributed by atoms with E-state index in [0.717, 1.165) is 22.6 Å². The van der Waals surface area contributed by atoms with E-state index in [1.807, 2.05) is 12.1 Å². The number of hydrogen-bond donors (Lipinski definition) is 1. The predicted molar refractivity (Wildman–Crippen MR) is 59.6 cm³/mol. The van der Waals surface area contributed by atoms with Gasteiger partial charge in [-0.25, -0.2) is 4.79 Å². The third-order valence-electron chi connectivity index (χ3n) is 3.17. The van der Waals surface area contributed by atoms with E-state index in [2.05, 4.69) is 0 Å². The first kappa shape index (κ1) is 10.3. The molecule has 5 heteroatoms. The standard InChI is InChI=1S/C12H13NO4/c14-12(15)13-4-3-9-8(7-13)1-2-10-11(9)17-6-5-16-10/h1-2H,3-7H2,(H,14,15). The Labute approximate surface area is 98.6 Å². The van der Waals surface area contributed by atoms with Crippen LogP contribution >= 0.6 is 0 Å². The molecule has 1 N–H and O–H groups in total. The Balaban J connectivity index is 1.97. The van der Waals surface area contributed by atoms with Crippen molar-refractivity contribution in [2.75, 3.05) is 19.8 Å². The Morgan fingerprint density at radius 3 is 2.94 bits per heavy atom. The van der Waals surface area contributed by atoms with Crippen LogP contribution in [0.5, 0.6) is 11.5 Å². The predicted octanol–water partition coefficient (Wildman–Crippen LogP) is 1.49. The van der Waals surface area contributed by atoms with Gasteiger partial charge in [0.15, 0.2) is 11.5 Å². The van der Waals surface area contributed by atoms with Gasteiger partial charge in [-0.3, -0.25) is 0 Å². The Kier molecular flexibility index (Phi) is 2.31. The van der Waals surface area contributed by atoms with E-state index in [1.54, 1.807) is 0 Å². The SMILES string of the molecule is O=C(O)N1CCc2c(ccc3c2OCCO3)C1. The summed E-state index contributed by atoms with van der Waals surface area (Å²) in [5, 5.41) is 8.97. The quantitative estimate of drug-likeness (QED) is 0.740. The highest BCUT2D eigenvalue weighted by atomic mass is 16.6. The van der Waals surface area contributed by atoms with Crippen LogP contribution in [0.25, 0.3) is 0 Å². The minimum Gasteiger partial charge on any atom is -0.486 e. The second-order valence-corrected chi connectivity index (χ2v) is 4.18. The molecule has 1 aromatic rings. The lowest BCUT2D eigenvalue weighted by atomic mass is 9.98. The summed E-state index contributed by atoms with van der Waals surface area (Å²) in [6, 6.07) is 3.79. The third kappa shape index (κ3) is 1.67. The number of ether oxygens (including phenoxy) is 2. The molecule has 2 aliphatic heterocycles. The molecular formula is C12H13NO4. The van der Waals surface area contributed by atoms with Crippen LogP contribution in [-0.2, 0) is 13.0 Å². The highest BCUT2D eigenvalue weighted by molar-refractivity contribution is 5.66. The number of carbonyl (C=O) groups is 1. The van der Waals surface area contributed by atoms with E-state index < -0.39 is 6.09 Å². The van der Waals surface area contributed by atoms with Crippen molar-refractivity contribution in [1.29, 1.82) is 0 Å². The van der Waals surface area contributed by atoms with Crippen LogP contribution in [0.2, 0.25) is 0 Å². The number of fused-ring (bicyclic) bond motifs is 3. The summed E-state index contributed by atoms with van der Waals surface area (Å²) in [5.74, 6) is 1.58. The highest BCUT2D eigenvalue weighted by Crippen LogP contribution is 2.38. The van der Waals surface area contributed by atoms with Crippen molar-refractivity contribution in [3.05, 3.63) is 23.3 Å². The molecule has 3 rings (SSSR count). The molecule has 2 heterocycles. The number of amides is 1. The molecule has 90 valence electrons. The number of carboxylic acid groups (broad SMARTS) is 1. The van der Waals surface area contributed by atoms with Gasteiger partial charge in [-0.15, -0.1) is 0 Å². The molecule has 0 fully saturated rings. The second-order valence-electron chi connectivity index (χ2n) is 4.18. The summed E-state index contributed by atoms with van der Waals surface area (Å²) in [7, 11) is 0. The number of hydrogen-bond acceptors (Lipinski definition) is 3. The fourth-order valence-electron chi connectivity index (χ4n) is 2.33. The smallest absolute Gasteiger partial charge is 0.407 e. The fourth-order valence-corrected chi connectivity index (χ4v) is 2.33. The van der Waals surface area contributed by atoms with Gasteiger partial charge in [-0.1, -0.05) is 6.07 Å². The van der Waals surface area contributed by atoms with Crippen LogP contribution in [0, 0.1) is 0 Å². The van der Waals surface area contributed by atoms with Gasteiger partial charge in [0.25, 0.3) is 0 Å². The van der Waals surface area contributed by atoms with Crippen LogP contribution in [0.15, 0.2) is 12.1 Å². The van der Waals surface area contributed by atoms with Gasteiger partial charge in [0.05, 0.1) is 0 Å². The molecule has 1 amide bonds. The van der Waals surface area contributed by atoms with Gasteiger partial charge >= 0.3 is 6.09 Å². The first-order valence-electron chi connectivity index (χ1n) is 5.64. The van der Waals surface area contributed by atoms with E-state index >= 15 is 0 Å². The first-order chi connectivity index (χ1) is 8.25. The van der Waals surface area contributed by atoms with Gasteiger partial charge in [0.1, 0.15) is 13.2 Å². The van der Waals surface area contributed by atoms with E-state index in [9.17, 15) is 4.79 Å². The van der Waals surface area contributed by atoms with Crippen LogP contribution in [-0.4, -0.2) is 35.9 Å². The largest absolute Gasteiger partial charge is 0.486 e. The van der Waals surface area contributed by atoms with Crippen molar-refractivity contribution in [3.63, 3.8) is 0 Å². The zero-order valence-electron chi connectivity index (χ0n) is 9.31. The topological polar surface area (TPSA) is 59.0 Å². The molecule has 0 radical (unpaired) electrons. The van der Waals surface area contributed by atoms with Crippen molar-refractivity contribution in [2.45, 2.75) is 13.0 Å². The number of benzene rings is 1. The van der Waals surface area contributed by atoms with Crippen molar-refractivity contribution < 1.29 is 19.4 Å². The van der Waals surface area contributed by atoms with Crippen LogP contribution in [0.4, 0.5) is 4.79 Å². The van der Waals surface area contributed by atoms with Crippen LogP contribution in [0.3, 0.4) is 0 Å². The Bertz CT molecular complexity index is 472. The molecule has 0 atom stereocenters. The van der Waals surface area contributed by atoms with Crippen molar-refractivity contribution >= 4 is 6.09 Å². The zero-order chi connectivity index (χ0) is 11.8. The fraction of sp³-hybridized carbons (Fsp3) is 0.417. The maximum Gasteiger partial charge on any atom is 0.407 e. The van der Waals surface area contributed by atoms with Crippen LogP contribution < -0.4 is 9.47 Å². The molecule has 0 aromatic heterocycles. The number of rotatable bonds is 0. The Morgan fingerprint density at radius 1 is 1.29 bits per heavy atom. The first-order valence-corrected chi connectivity index (χ1v) is 5.64. The minimum atomic E-state index is -0.870. The highest BCUT2D eigenvalue weighted by Gasteiger charge is 2.26. The van der Waals surface area contributed by atoms with Crippen LogP contribution in [0.1, 0.15) is 11.1 Å². The van der Waals surface area contributed by atoms with Crippen molar-refractivity contribution in [2.24, 2.45) is 0 Å². The molecule has 2 aliphatic rings. The van der Waals surface area contributed by atoms with Crippen molar-refractivity contribution in [3.8, 4) is 11.5 Å². The molecule has 1 aromatic carbocycles. The Morgan fingerprint density at radius 2 is 2.12 bits per heavy atom. The molecule has 17 heavy (non-hydrogen) atoms. The zero-order valence-corrected chi connectivity index (χ0v) is 9.31. The lowest BCUT2D eigenvalue weighted by molar-refractivity contribution is 0.137. The average Bonchev–Trinajstić information content (AvgIpc) is 2.38. The average molecular weight is 235 g/mol. The van der Waals surface area contributed by atoms with Gasteiger partial charge in [0, 0.05) is 18.7 Å². The minimum absolute atomic E-state index is 0.432. The van der Waals surface area contributed by atoms with E-state index in [-0.39, 0.29) is 0 Å². The summed E-state index contributed by atoms with van der Waals surface area (Å²) >= 11 is 0. The van der Waals surface area contributed by atoms with Gasteiger partial charge in [0.2, 0.25) is 0 Å². The lowest BCUT2D eigenvalue weighted by Gasteiger charge is -2.30. The summed E-state index contributed by atoms with van der Waals surface area (Å²) in [6.07, 6.45) is -0.181. The normalized spacial score (nSPS) is 17.5. The molecule has 0 bridgehead atoms.